The average molecular weight is 351 g/mol. The highest BCUT2D eigenvalue weighted by molar-refractivity contribution is 7.89. The summed E-state index contributed by atoms with van der Waals surface area (Å²) < 4.78 is 22.4. The zero-order valence-electron chi connectivity index (χ0n) is 13.5. The van der Waals surface area contributed by atoms with Crippen molar-refractivity contribution in [3.8, 4) is 0 Å². The number of ketones is 1. The quantitative estimate of drug-likeness (QED) is 0.605. The fourth-order valence-corrected chi connectivity index (χ4v) is 2.97. The van der Waals surface area contributed by atoms with Crippen molar-refractivity contribution in [2.45, 2.75) is 11.8 Å². The van der Waals surface area contributed by atoms with Crippen LogP contribution in [0.5, 0.6) is 0 Å². The molecule has 1 aromatic carbocycles. The Labute approximate surface area is 141 Å². The predicted octanol–water partition coefficient (Wildman–Crippen LogP) is 0.237. The van der Waals surface area contributed by atoms with E-state index in [4.69, 9.17) is 5.14 Å². The predicted molar refractivity (Wildman–Crippen MR) is 90.0 cm³/mol. The lowest BCUT2D eigenvalue weighted by molar-refractivity contribution is -0.130. The molecule has 1 heterocycles. The molecule has 24 heavy (non-hydrogen) atoms. The molecular formula is C16H21N3O4S. The summed E-state index contributed by atoms with van der Waals surface area (Å²) in [6, 6.07) is 5.52. The highest BCUT2D eigenvalue weighted by Crippen LogP contribution is 2.10. The summed E-state index contributed by atoms with van der Waals surface area (Å²) in [5.41, 5.74) is 0.403. The van der Waals surface area contributed by atoms with Crippen LogP contribution in [-0.2, 0) is 14.8 Å². The third-order valence-electron chi connectivity index (χ3n) is 3.92. The van der Waals surface area contributed by atoms with Crippen molar-refractivity contribution in [3.63, 3.8) is 0 Å². The summed E-state index contributed by atoms with van der Waals surface area (Å²) in [6.07, 6.45) is 3.25. The summed E-state index contributed by atoms with van der Waals surface area (Å²) >= 11 is 0. The second-order valence-electron chi connectivity index (χ2n) is 5.64. The van der Waals surface area contributed by atoms with E-state index in [0.29, 0.717) is 25.2 Å². The third kappa shape index (κ3) is 4.98. The van der Waals surface area contributed by atoms with E-state index in [-0.39, 0.29) is 16.6 Å². The van der Waals surface area contributed by atoms with Gasteiger partial charge in [-0.25, -0.2) is 13.6 Å². The highest BCUT2D eigenvalue weighted by Gasteiger charge is 2.17. The van der Waals surface area contributed by atoms with Crippen molar-refractivity contribution in [2.75, 3.05) is 32.7 Å². The number of carbonyl (C=O) groups excluding carboxylic acids is 2. The molecule has 0 spiro atoms. The number of amides is 1. The second kappa shape index (κ2) is 7.69. The van der Waals surface area contributed by atoms with Gasteiger partial charge < -0.3 is 4.90 Å². The van der Waals surface area contributed by atoms with Crippen LogP contribution >= 0.6 is 0 Å². The van der Waals surface area contributed by atoms with E-state index in [9.17, 15) is 18.0 Å². The van der Waals surface area contributed by atoms with Crippen molar-refractivity contribution in [1.29, 1.82) is 0 Å². The number of carbonyl (C=O) groups is 2. The number of hydrogen-bond donors (Lipinski definition) is 1. The molecular weight excluding hydrogens is 330 g/mol. The smallest absolute Gasteiger partial charge is 0.238 e. The Morgan fingerprint density at radius 2 is 1.71 bits per heavy atom. The maximum Gasteiger partial charge on any atom is 0.238 e. The average Bonchev–Trinajstić information content (AvgIpc) is 2.54. The fraction of sp³-hybridized carbons (Fsp3) is 0.375. The number of nitrogens with two attached hydrogens (primary N) is 1. The van der Waals surface area contributed by atoms with Gasteiger partial charge in [0.15, 0.2) is 5.78 Å². The summed E-state index contributed by atoms with van der Waals surface area (Å²) in [6.45, 7) is 5.16. The molecule has 2 rings (SSSR count). The van der Waals surface area contributed by atoms with Gasteiger partial charge in [-0.2, -0.15) is 0 Å². The summed E-state index contributed by atoms with van der Waals surface area (Å²) in [7, 11) is -3.75. The van der Waals surface area contributed by atoms with Gasteiger partial charge >= 0.3 is 0 Å². The number of nitrogens with zero attached hydrogens (tertiary/aromatic N) is 2. The van der Waals surface area contributed by atoms with E-state index in [0.717, 1.165) is 13.1 Å². The molecule has 2 N–H and O–H groups in total. The van der Waals surface area contributed by atoms with Crippen LogP contribution in [0.4, 0.5) is 0 Å². The molecule has 1 saturated heterocycles. The van der Waals surface area contributed by atoms with Gasteiger partial charge in [-0.1, -0.05) is 6.08 Å². The van der Waals surface area contributed by atoms with E-state index in [1.54, 1.807) is 17.9 Å². The Morgan fingerprint density at radius 3 is 2.21 bits per heavy atom. The molecule has 1 aromatic rings. The van der Waals surface area contributed by atoms with Gasteiger partial charge in [0.05, 0.1) is 4.90 Å². The van der Waals surface area contributed by atoms with Crippen LogP contribution in [0.25, 0.3) is 0 Å². The fourth-order valence-electron chi connectivity index (χ4n) is 2.46. The minimum atomic E-state index is -3.75. The molecule has 0 unspecified atom stereocenters. The van der Waals surface area contributed by atoms with Crippen LogP contribution in [0, 0.1) is 0 Å². The van der Waals surface area contributed by atoms with Gasteiger partial charge in [0.2, 0.25) is 15.9 Å². The molecule has 1 amide bonds. The zero-order chi connectivity index (χ0) is 17.7. The largest absolute Gasteiger partial charge is 0.340 e. The lowest BCUT2D eigenvalue weighted by Crippen LogP contribution is -2.47. The van der Waals surface area contributed by atoms with Gasteiger partial charge in [-0.3, -0.25) is 14.5 Å². The third-order valence-corrected chi connectivity index (χ3v) is 4.85. The van der Waals surface area contributed by atoms with Crippen LogP contribution in [0.2, 0.25) is 0 Å². The van der Waals surface area contributed by atoms with E-state index in [1.807, 2.05) is 0 Å². The van der Waals surface area contributed by atoms with Gasteiger partial charge in [0.1, 0.15) is 0 Å². The lowest BCUT2D eigenvalue weighted by Gasteiger charge is -2.33. The number of primary sulfonamides is 1. The minimum Gasteiger partial charge on any atom is -0.340 e. The maximum atomic E-state index is 12.0. The van der Waals surface area contributed by atoms with Crippen LogP contribution in [-0.4, -0.2) is 62.6 Å². The number of rotatable bonds is 5. The molecule has 0 radical (unpaired) electrons. The van der Waals surface area contributed by atoms with Gasteiger partial charge in [-0.15, -0.1) is 0 Å². The van der Waals surface area contributed by atoms with Crippen molar-refractivity contribution in [3.05, 3.63) is 42.0 Å². The van der Waals surface area contributed by atoms with Crippen molar-refractivity contribution in [2.24, 2.45) is 5.14 Å². The second-order valence-corrected chi connectivity index (χ2v) is 7.20. The van der Waals surface area contributed by atoms with E-state index in [2.05, 4.69) is 4.90 Å². The monoisotopic (exact) mass is 351 g/mol. The first kappa shape index (κ1) is 18.3. The molecule has 1 aliphatic heterocycles. The molecule has 7 nitrogen and oxygen atoms in total. The van der Waals surface area contributed by atoms with E-state index in [1.165, 1.54) is 30.3 Å². The number of allylic oxidation sites excluding steroid dienone is 1. The molecule has 130 valence electrons. The molecule has 1 fully saturated rings. The Kier molecular flexibility index (Phi) is 5.87. The van der Waals surface area contributed by atoms with Crippen LogP contribution in [0.1, 0.15) is 17.3 Å². The highest BCUT2D eigenvalue weighted by atomic mass is 32.2. The zero-order valence-corrected chi connectivity index (χ0v) is 14.3. The Morgan fingerprint density at radius 1 is 1.12 bits per heavy atom. The first-order valence-corrected chi connectivity index (χ1v) is 9.13. The normalized spacial score (nSPS) is 16.5. The number of piperazine rings is 1. The van der Waals surface area contributed by atoms with Gasteiger partial charge in [0.25, 0.3) is 0 Å². The minimum absolute atomic E-state index is 0.0219. The molecule has 8 heteroatoms. The Balaban J connectivity index is 1.86. The number of benzene rings is 1. The lowest BCUT2D eigenvalue weighted by atomic mass is 10.1. The maximum absolute atomic E-state index is 12.0. The Bertz CT molecular complexity index is 733. The molecule has 1 aliphatic rings. The molecule has 0 atom stereocenters. The first-order chi connectivity index (χ1) is 11.3. The summed E-state index contributed by atoms with van der Waals surface area (Å²) in [4.78, 5) is 27.2. The summed E-state index contributed by atoms with van der Waals surface area (Å²) in [5, 5.41) is 5.02. The Hall–Kier alpha value is -2.03. The molecule has 0 bridgehead atoms. The van der Waals surface area contributed by atoms with Crippen LogP contribution < -0.4 is 5.14 Å². The van der Waals surface area contributed by atoms with E-state index < -0.39 is 10.0 Å². The van der Waals surface area contributed by atoms with Crippen molar-refractivity contribution < 1.29 is 18.0 Å². The first-order valence-electron chi connectivity index (χ1n) is 7.59. The number of hydrogen-bond acceptors (Lipinski definition) is 5. The van der Waals surface area contributed by atoms with Gasteiger partial charge in [-0.05, 0) is 30.3 Å². The molecule has 0 saturated carbocycles. The van der Waals surface area contributed by atoms with Crippen molar-refractivity contribution >= 4 is 21.7 Å². The van der Waals surface area contributed by atoms with Crippen LogP contribution in [0.15, 0.2) is 41.3 Å². The SMILES string of the molecule is CC(=O)N1CCN(C/C=C/C(=O)c2ccc(S(N)(=O)=O)cc2)CC1. The number of sulfonamides is 1. The molecule has 0 aromatic heterocycles. The van der Waals surface area contributed by atoms with Crippen LogP contribution in [0.3, 0.4) is 0 Å². The van der Waals surface area contributed by atoms with Gasteiger partial charge in [0, 0.05) is 45.2 Å². The van der Waals surface area contributed by atoms with Crippen molar-refractivity contribution in [1.82, 2.24) is 9.80 Å². The standard InChI is InChI=1S/C16H21N3O4S/c1-13(20)19-11-9-18(10-12-19)8-2-3-16(21)14-4-6-15(7-5-14)24(17,22)23/h2-7H,8-12H2,1H3,(H2,17,22,23)/b3-2+. The topological polar surface area (TPSA) is 101 Å². The molecule has 0 aliphatic carbocycles. The van der Waals surface area contributed by atoms with E-state index >= 15 is 0 Å². The summed E-state index contributed by atoms with van der Waals surface area (Å²) in [5.74, 6) is -0.110.